The first-order valence-electron chi connectivity index (χ1n) is 18.9. The van der Waals surface area contributed by atoms with Gasteiger partial charge >= 0.3 is 0 Å². The molecule has 0 saturated heterocycles. The van der Waals surface area contributed by atoms with Crippen LogP contribution < -0.4 is 0 Å². The molecule has 1 aliphatic carbocycles. The van der Waals surface area contributed by atoms with E-state index >= 15 is 0 Å². The fourth-order valence-electron chi connectivity index (χ4n) is 9.59. The molecule has 0 saturated carbocycles. The van der Waals surface area contributed by atoms with Gasteiger partial charge in [0.2, 0.25) is 5.71 Å². The molecule has 7 heteroatoms. The van der Waals surface area contributed by atoms with E-state index in [1.165, 1.54) is 63.5 Å². The van der Waals surface area contributed by atoms with Gasteiger partial charge in [0.15, 0.2) is 5.15 Å². The Morgan fingerprint density at radius 1 is 0.661 bits per heavy atom. The number of benzene rings is 7. The van der Waals surface area contributed by atoms with E-state index in [1.54, 1.807) is 0 Å². The van der Waals surface area contributed by atoms with Crippen molar-refractivity contribution < 1.29 is 8.83 Å². The third kappa shape index (κ3) is 3.99. The second kappa shape index (κ2) is 11.1. The topological polar surface area (TPSA) is 57.0 Å². The highest BCUT2D eigenvalue weighted by atomic mass is 35.5. The Kier molecular flexibility index (Phi) is 6.09. The molecule has 2 atom stereocenters. The van der Waals surface area contributed by atoms with Crippen LogP contribution in [-0.2, 0) is 0 Å². The van der Waals surface area contributed by atoms with Crippen LogP contribution in [0.2, 0.25) is 5.15 Å². The number of halogens is 1. The van der Waals surface area contributed by atoms with Crippen molar-refractivity contribution in [3.63, 3.8) is 0 Å². The summed E-state index contributed by atoms with van der Waals surface area (Å²) in [6.07, 6.45) is 4.64. The van der Waals surface area contributed by atoms with Gasteiger partial charge in [-0.05, 0) is 57.9 Å². The summed E-state index contributed by atoms with van der Waals surface area (Å²) in [7, 11) is 0. The number of hydrogen-bond donors (Lipinski definition) is 0. The van der Waals surface area contributed by atoms with Crippen molar-refractivity contribution in [3.05, 3.63) is 150 Å². The smallest absolute Gasteiger partial charge is 0.247 e. The highest BCUT2D eigenvalue weighted by molar-refractivity contribution is 7.27. The molecule has 56 heavy (non-hydrogen) atoms. The molecule has 0 fully saturated rings. The van der Waals surface area contributed by atoms with Crippen LogP contribution in [0.3, 0.4) is 0 Å². The zero-order valence-corrected chi connectivity index (χ0v) is 31.5. The molecule has 5 nitrogen and oxygen atoms in total. The summed E-state index contributed by atoms with van der Waals surface area (Å²) in [5.74, 6) is 1.02. The second-order valence-electron chi connectivity index (χ2n) is 15.0. The summed E-state index contributed by atoms with van der Waals surface area (Å²) in [5.41, 5.74) is 7.72. The Bertz CT molecular complexity index is 3720. The van der Waals surface area contributed by atoms with Gasteiger partial charge < -0.3 is 13.4 Å². The van der Waals surface area contributed by atoms with Gasteiger partial charge in [0, 0.05) is 59.6 Å². The summed E-state index contributed by atoms with van der Waals surface area (Å²) in [4.78, 5) is 9.57. The number of nitrogens with zero attached hydrogens (tertiary/aromatic N) is 3. The maximum atomic E-state index is 6.88. The van der Waals surface area contributed by atoms with E-state index in [9.17, 15) is 0 Å². The first kappa shape index (κ1) is 30.8. The van der Waals surface area contributed by atoms with Gasteiger partial charge in [-0.15, -0.1) is 11.3 Å². The summed E-state index contributed by atoms with van der Waals surface area (Å²) in [6, 6.07) is 45.3. The molecule has 2 unspecified atom stereocenters. The molecule has 1 aliphatic rings. The summed E-state index contributed by atoms with van der Waals surface area (Å²) >= 11 is 8.68. The molecule has 0 N–H and O–H groups in total. The van der Waals surface area contributed by atoms with Crippen LogP contribution in [0, 0.1) is 0 Å². The average Bonchev–Trinajstić information content (AvgIpc) is 4.00. The van der Waals surface area contributed by atoms with Crippen molar-refractivity contribution in [2.75, 3.05) is 0 Å². The number of fused-ring (bicyclic) bond motifs is 18. The molecule has 0 spiro atoms. The molecule has 7 aromatic carbocycles. The van der Waals surface area contributed by atoms with Crippen molar-refractivity contribution >= 4 is 126 Å². The van der Waals surface area contributed by atoms with E-state index in [0.717, 1.165) is 38.8 Å². The van der Waals surface area contributed by atoms with Gasteiger partial charge in [-0.2, -0.15) is 4.98 Å². The monoisotopic (exact) mass is 757 g/mol. The van der Waals surface area contributed by atoms with E-state index in [2.05, 4.69) is 126 Å². The molecule has 0 amide bonds. The SMILES string of the molecule is CC1c2oc3cc(-c4nc5c(nc4Cl)oc4ccccc45)ccc3c2C=CC1n1c2ccccc2c2c3ccccc3c3c(sc4ccc5ccccc5c43)c21. The first-order valence-corrected chi connectivity index (χ1v) is 20.1. The fourth-order valence-corrected chi connectivity index (χ4v) is 11.1. The first-order chi connectivity index (χ1) is 27.6. The lowest BCUT2D eigenvalue weighted by molar-refractivity contribution is 0.437. The molecule has 0 bridgehead atoms. The summed E-state index contributed by atoms with van der Waals surface area (Å²) in [6.45, 7) is 2.30. The zero-order chi connectivity index (χ0) is 36.8. The Hall–Kier alpha value is -6.47. The number of thiophene rings is 1. The highest BCUT2D eigenvalue weighted by Crippen LogP contribution is 2.52. The van der Waals surface area contributed by atoms with Crippen molar-refractivity contribution in [2.45, 2.75) is 18.9 Å². The molecular formula is C49H28ClN3O2S. The van der Waals surface area contributed by atoms with Crippen LogP contribution >= 0.6 is 22.9 Å². The van der Waals surface area contributed by atoms with Crippen molar-refractivity contribution in [1.82, 2.24) is 14.5 Å². The number of aromatic nitrogens is 3. The fraction of sp³-hybridized carbons (Fsp3) is 0.0612. The second-order valence-corrected chi connectivity index (χ2v) is 16.4. The number of para-hydroxylation sites is 2. The van der Waals surface area contributed by atoms with Gasteiger partial charge in [0.1, 0.15) is 28.1 Å². The van der Waals surface area contributed by atoms with Gasteiger partial charge in [-0.25, -0.2) is 4.98 Å². The minimum atomic E-state index is 0.00772. The predicted octanol–water partition coefficient (Wildman–Crippen LogP) is 14.6. The molecule has 0 aliphatic heterocycles. The number of furan rings is 2. The minimum Gasteiger partial charge on any atom is -0.460 e. The van der Waals surface area contributed by atoms with Crippen LogP contribution in [0.15, 0.2) is 142 Å². The van der Waals surface area contributed by atoms with E-state index in [-0.39, 0.29) is 12.0 Å². The quantitative estimate of drug-likeness (QED) is 0.176. The molecule has 0 radical (unpaired) electrons. The molecule has 5 heterocycles. The Morgan fingerprint density at radius 2 is 1.41 bits per heavy atom. The zero-order valence-electron chi connectivity index (χ0n) is 29.9. The van der Waals surface area contributed by atoms with Crippen molar-refractivity contribution in [1.29, 1.82) is 0 Å². The average molecular weight is 758 g/mol. The third-order valence-corrected chi connectivity index (χ3v) is 13.5. The molecule has 12 aromatic rings. The Balaban J connectivity index is 1.03. The van der Waals surface area contributed by atoms with E-state index in [1.807, 2.05) is 41.7 Å². The molecule has 264 valence electrons. The summed E-state index contributed by atoms with van der Waals surface area (Å²) < 4.78 is 18.1. The standard InChI is InChI=1S/C49H28ClN3O2S/c1-25-35(22-21-32-29-20-18-27(24-38(29)54-46(25)32)43-48(50)52-49-44(51-43)34-15-7-9-17-37(34)55-49)53-36-16-8-6-14-33(36)40-30-12-4-5-13-31(30)42-41-28-11-3-2-10-26(28)19-23-39(41)56-47(42)45(40)53/h2-25,35H,1H3. The van der Waals surface area contributed by atoms with Crippen molar-refractivity contribution in [2.24, 2.45) is 0 Å². The maximum absolute atomic E-state index is 6.88. The number of rotatable bonds is 2. The normalized spacial score (nSPS) is 16.0. The van der Waals surface area contributed by atoms with Crippen molar-refractivity contribution in [3.8, 4) is 11.3 Å². The van der Waals surface area contributed by atoms with Gasteiger partial charge in [0.05, 0.1) is 16.3 Å². The largest absolute Gasteiger partial charge is 0.460 e. The van der Waals surface area contributed by atoms with Gasteiger partial charge in [-0.3, -0.25) is 0 Å². The lowest BCUT2D eigenvalue weighted by atomic mass is 9.89. The maximum Gasteiger partial charge on any atom is 0.247 e. The van der Waals surface area contributed by atoms with Crippen LogP contribution in [0.25, 0.3) is 114 Å². The van der Waals surface area contributed by atoms with E-state index < -0.39 is 0 Å². The predicted molar refractivity (Wildman–Crippen MR) is 233 cm³/mol. The van der Waals surface area contributed by atoms with Crippen LogP contribution in [0.5, 0.6) is 0 Å². The molecular weight excluding hydrogens is 730 g/mol. The molecule has 13 rings (SSSR count). The van der Waals surface area contributed by atoms with Crippen LogP contribution in [-0.4, -0.2) is 14.5 Å². The summed E-state index contributed by atoms with van der Waals surface area (Å²) in [5, 5.41) is 12.7. The Morgan fingerprint density at radius 3 is 2.29 bits per heavy atom. The molecule has 5 aromatic heterocycles. The van der Waals surface area contributed by atoms with Gasteiger partial charge in [-0.1, -0.05) is 122 Å². The van der Waals surface area contributed by atoms with Crippen LogP contribution in [0.1, 0.15) is 30.2 Å². The van der Waals surface area contributed by atoms with Gasteiger partial charge in [0.25, 0.3) is 0 Å². The van der Waals surface area contributed by atoms with Crippen LogP contribution in [0.4, 0.5) is 0 Å². The minimum absolute atomic E-state index is 0.00772. The Labute approximate surface area is 327 Å². The lowest BCUT2D eigenvalue weighted by Gasteiger charge is -2.27. The third-order valence-electron chi connectivity index (χ3n) is 12.1. The number of hydrogen-bond acceptors (Lipinski definition) is 5. The lowest BCUT2D eigenvalue weighted by Crippen LogP contribution is -2.16. The van der Waals surface area contributed by atoms with E-state index in [0.29, 0.717) is 22.1 Å². The highest BCUT2D eigenvalue weighted by Gasteiger charge is 2.33. The van der Waals surface area contributed by atoms with E-state index in [4.69, 9.17) is 25.4 Å². The number of allylic oxidation sites excluding steroid dienone is 1.